The summed E-state index contributed by atoms with van der Waals surface area (Å²) in [6.07, 6.45) is -2.09. The minimum atomic E-state index is -4.15. The van der Waals surface area contributed by atoms with Gasteiger partial charge in [-0.1, -0.05) is 25.6 Å². The second-order valence-corrected chi connectivity index (χ2v) is 5.81. The van der Waals surface area contributed by atoms with E-state index in [1.54, 1.807) is 0 Å². The first-order valence-electron chi connectivity index (χ1n) is 6.92. The first-order chi connectivity index (χ1) is 9.25. The van der Waals surface area contributed by atoms with E-state index in [0.29, 0.717) is 6.42 Å². The number of hydrogen-bond donors (Lipinski definition) is 2. The van der Waals surface area contributed by atoms with Gasteiger partial charge in [-0.05, 0) is 32.1 Å². The first-order valence-corrected chi connectivity index (χ1v) is 7.33. The number of carbonyl (C=O) groups excluding carboxylic acids is 1. The normalized spacial score (nSPS) is 25.0. The van der Waals surface area contributed by atoms with Gasteiger partial charge in [0, 0.05) is 5.92 Å². The van der Waals surface area contributed by atoms with E-state index in [0.717, 1.165) is 6.42 Å². The van der Waals surface area contributed by atoms with Gasteiger partial charge >= 0.3 is 6.18 Å². The van der Waals surface area contributed by atoms with Crippen LogP contribution in [0.4, 0.5) is 13.2 Å². The van der Waals surface area contributed by atoms with E-state index in [2.05, 4.69) is 5.32 Å². The fourth-order valence-electron chi connectivity index (χ4n) is 2.55. The standard InChI is InChI=1S/C13H21F3N2OS/c1-2-3-10(11(17)20)18-12(19)8-4-6-9(7-5-8)13(14,15)16/h8-10H,2-7H2,1H3,(H2,17,20)(H,18,19). The molecule has 1 amide bonds. The van der Waals surface area contributed by atoms with Crippen LogP contribution in [0.5, 0.6) is 0 Å². The molecule has 0 bridgehead atoms. The summed E-state index contributed by atoms with van der Waals surface area (Å²) in [7, 11) is 0. The van der Waals surface area contributed by atoms with E-state index in [1.807, 2.05) is 6.92 Å². The molecule has 0 aromatic heterocycles. The van der Waals surface area contributed by atoms with Crippen molar-refractivity contribution in [3.8, 4) is 0 Å². The highest BCUT2D eigenvalue weighted by atomic mass is 32.1. The summed E-state index contributed by atoms with van der Waals surface area (Å²) in [5.41, 5.74) is 5.55. The molecule has 20 heavy (non-hydrogen) atoms. The highest BCUT2D eigenvalue weighted by Gasteiger charge is 2.42. The Morgan fingerprint density at radius 2 is 1.90 bits per heavy atom. The van der Waals surface area contributed by atoms with Crippen LogP contribution >= 0.6 is 12.2 Å². The van der Waals surface area contributed by atoms with E-state index in [4.69, 9.17) is 18.0 Å². The maximum absolute atomic E-state index is 12.6. The van der Waals surface area contributed by atoms with Crippen LogP contribution in [0.3, 0.4) is 0 Å². The van der Waals surface area contributed by atoms with Crippen molar-refractivity contribution in [2.24, 2.45) is 17.6 Å². The molecule has 0 saturated heterocycles. The fourth-order valence-corrected chi connectivity index (χ4v) is 2.72. The fraction of sp³-hybridized carbons (Fsp3) is 0.846. The summed E-state index contributed by atoms with van der Waals surface area (Å²) in [5.74, 6) is -1.85. The van der Waals surface area contributed by atoms with Gasteiger partial charge in [0.25, 0.3) is 0 Å². The molecule has 1 saturated carbocycles. The van der Waals surface area contributed by atoms with Gasteiger partial charge in [-0.2, -0.15) is 13.2 Å². The number of thiocarbonyl (C=S) groups is 1. The molecule has 0 heterocycles. The number of nitrogens with two attached hydrogens (primary N) is 1. The zero-order chi connectivity index (χ0) is 15.3. The summed E-state index contributed by atoms with van der Waals surface area (Å²) >= 11 is 4.88. The number of alkyl halides is 3. The van der Waals surface area contributed by atoms with Crippen LogP contribution in [-0.4, -0.2) is 23.1 Å². The number of amides is 1. The Labute approximate surface area is 122 Å². The van der Waals surface area contributed by atoms with Gasteiger partial charge < -0.3 is 11.1 Å². The van der Waals surface area contributed by atoms with E-state index in [9.17, 15) is 18.0 Å². The van der Waals surface area contributed by atoms with Crippen molar-refractivity contribution < 1.29 is 18.0 Å². The molecule has 1 rings (SSSR count). The lowest BCUT2D eigenvalue weighted by Crippen LogP contribution is -2.46. The summed E-state index contributed by atoms with van der Waals surface area (Å²) in [6, 6.07) is -0.358. The Morgan fingerprint density at radius 1 is 1.35 bits per heavy atom. The van der Waals surface area contributed by atoms with Crippen LogP contribution in [0.2, 0.25) is 0 Å². The average molecular weight is 310 g/mol. The Kier molecular flexibility index (Phi) is 6.23. The third kappa shape index (κ3) is 4.92. The molecular formula is C13H21F3N2OS. The maximum atomic E-state index is 12.6. The molecule has 1 aliphatic rings. The molecule has 0 aliphatic heterocycles. The SMILES string of the molecule is CCCC(NC(=O)C1CCC(C(F)(F)F)CC1)C(N)=S. The van der Waals surface area contributed by atoms with Crippen molar-refractivity contribution in [3.05, 3.63) is 0 Å². The molecule has 0 aromatic rings. The van der Waals surface area contributed by atoms with Gasteiger partial charge in [0.1, 0.15) is 0 Å². The molecule has 1 aliphatic carbocycles. The second-order valence-electron chi connectivity index (χ2n) is 5.34. The highest BCUT2D eigenvalue weighted by Crippen LogP contribution is 2.39. The maximum Gasteiger partial charge on any atom is 0.391 e. The lowest BCUT2D eigenvalue weighted by molar-refractivity contribution is -0.184. The van der Waals surface area contributed by atoms with Crippen LogP contribution in [0, 0.1) is 11.8 Å². The number of rotatable bonds is 5. The van der Waals surface area contributed by atoms with Crippen molar-refractivity contribution >= 4 is 23.1 Å². The van der Waals surface area contributed by atoms with E-state index in [1.165, 1.54) is 0 Å². The van der Waals surface area contributed by atoms with Gasteiger partial charge in [-0.15, -0.1) is 0 Å². The average Bonchev–Trinajstić information content (AvgIpc) is 2.37. The van der Waals surface area contributed by atoms with Crippen LogP contribution in [0.15, 0.2) is 0 Å². The largest absolute Gasteiger partial charge is 0.392 e. The number of hydrogen-bond acceptors (Lipinski definition) is 2. The molecule has 0 aromatic carbocycles. The monoisotopic (exact) mass is 310 g/mol. The summed E-state index contributed by atoms with van der Waals surface area (Å²) < 4.78 is 37.7. The molecule has 1 fully saturated rings. The number of halogens is 3. The van der Waals surface area contributed by atoms with Crippen molar-refractivity contribution in [3.63, 3.8) is 0 Å². The van der Waals surface area contributed by atoms with Crippen LogP contribution in [0.1, 0.15) is 45.4 Å². The Bertz CT molecular complexity index is 352. The van der Waals surface area contributed by atoms with Gasteiger partial charge in [-0.25, -0.2) is 0 Å². The summed E-state index contributed by atoms with van der Waals surface area (Å²) in [5, 5.41) is 2.75. The van der Waals surface area contributed by atoms with Gasteiger partial charge in [0.2, 0.25) is 5.91 Å². The Balaban J connectivity index is 2.48. The molecule has 1 unspecified atom stereocenters. The van der Waals surface area contributed by atoms with Crippen LogP contribution in [0.25, 0.3) is 0 Å². The molecule has 3 N–H and O–H groups in total. The molecule has 1 atom stereocenters. The van der Waals surface area contributed by atoms with Crippen LogP contribution < -0.4 is 11.1 Å². The highest BCUT2D eigenvalue weighted by molar-refractivity contribution is 7.80. The predicted molar refractivity (Wildman–Crippen MR) is 75.1 cm³/mol. The van der Waals surface area contributed by atoms with Gasteiger partial charge in [0.05, 0.1) is 16.9 Å². The van der Waals surface area contributed by atoms with Crippen molar-refractivity contribution in [1.82, 2.24) is 5.32 Å². The van der Waals surface area contributed by atoms with Crippen molar-refractivity contribution in [2.45, 2.75) is 57.7 Å². The third-order valence-electron chi connectivity index (χ3n) is 3.80. The number of carbonyl (C=O) groups is 1. The third-order valence-corrected chi connectivity index (χ3v) is 4.08. The van der Waals surface area contributed by atoms with Gasteiger partial charge in [0.15, 0.2) is 0 Å². The first kappa shape index (κ1) is 17.2. The Hall–Kier alpha value is -0.850. The minimum absolute atomic E-state index is 0.0209. The molecule has 0 radical (unpaired) electrons. The molecule has 3 nitrogen and oxygen atoms in total. The predicted octanol–water partition coefficient (Wildman–Crippen LogP) is 2.93. The molecule has 0 spiro atoms. The van der Waals surface area contributed by atoms with Crippen LogP contribution in [-0.2, 0) is 4.79 Å². The molecule has 7 heteroatoms. The zero-order valence-corrected chi connectivity index (χ0v) is 12.3. The lowest BCUT2D eigenvalue weighted by atomic mass is 9.81. The van der Waals surface area contributed by atoms with E-state index >= 15 is 0 Å². The number of nitrogens with one attached hydrogen (secondary N) is 1. The lowest BCUT2D eigenvalue weighted by Gasteiger charge is -2.30. The summed E-state index contributed by atoms with van der Waals surface area (Å²) in [6.45, 7) is 1.95. The smallest absolute Gasteiger partial charge is 0.391 e. The van der Waals surface area contributed by atoms with Crippen molar-refractivity contribution in [1.29, 1.82) is 0 Å². The quantitative estimate of drug-likeness (QED) is 0.768. The van der Waals surface area contributed by atoms with Crippen molar-refractivity contribution in [2.75, 3.05) is 0 Å². The zero-order valence-electron chi connectivity index (χ0n) is 11.5. The second kappa shape index (κ2) is 7.24. The molecular weight excluding hydrogens is 289 g/mol. The summed E-state index contributed by atoms with van der Waals surface area (Å²) in [4.78, 5) is 12.3. The Morgan fingerprint density at radius 3 is 2.30 bits per heavy atom. The molecule has 116 valence electrons. The minimum Gasteiger partial charge on any atom is -0.392 e. The topological polar surface area (TPSA) is 55.1 Å². The van der Waals surface area contributed by atoms with Gasteiger partial charge in [-0.3, -0.25) is 4.79 Å². The van der Waals surface area contributed by atoms with E-state index in [-0.39, 0.29) is 48.5 Å². The van der Waals surface area contributed by atoms with E-state index < -0.39 is 12.1 Å².